The quantitative estimate of drug-likeness (QED) is 0.475. The second kappa shape index (κ2) is 8.93. The lowest BCUT2D eigenvalue weighted by Crippen LogP contribution is -2.30. The topological polar surface area (TPSA) is 62.2 Å². The Balaban J connectivity index is 2.27. The molecule has 0 aliphatic carbocycles. The molecular weight excluding hydrogens is 245 g/mol. The maximum absolute atomic E-state index is 9.06. The van der Waals surface area contributed by atoms with Gasteiger partial charge in [0.05, 0.1) is 0 Å². The van der Waals surface area contributed by atoms with Gasteiger partial charge in [0.2, 0.25) is 0 Å². The van der Waals surface area contributed by atoms with Gasteiger partial charge in [0.1, 0.15) is 12.4 Å². The molecule has 0 aromatic heterocycles. The third kappa shape index (κ3) is 6.59. The number of hydrogen-bond acceptors (Lipinski definition) is 5. The molecule has 0 fully saturated rings. The molecule has 2 N–H and O–H groups in total. The van der Waals surface area contributed by atoms with Gasteiger partial charge in [0, 0.05) is 26.8 Å². The van der Waals surface area contributed by atoms with Crippen molar-refractivity contribution in [3.63, 3.8) is 0 Å². The van der Waals surface area contributed by atoms with E-state index in [0.717, 1.165) is 26.1 Å². The lowest BCUT2D eigenvalue weighted by Gasteiger charge is -2.16. The largest absolute Gasteiger partial charge is 0.492 e. The van der Waals surface area contributed by atoms with E-state index in [1.165, 1.54) is 0 Å². The van der Waals surface area contributed by atoms with Gasteiger partial charge >= 0.3 is 7.12 Å². The fraction of sp³-hybridized carbons (Fsp3) is 0.538. The summed E-state index contributed by atoms with van der Waals surface area (Å²) in [6, 6.07) is 6.83. The van der Waals surface area contributed by atoms with E-state index in [1.807, 2.05) is 7.05 Å². The van der Waals surface area contributed by atoms with Gasteiger partial charge in [0.25, 0.3) is 0 Å². The van der Waals surface area contributed by atoms with Crippen LogP contribution in [0.1, 0.15) is 6.42 Å². The second-order valence-electron chi connectivity index (χ2n) is 4.44. The van der Waals surface area contributed by atoms with Crippen LogP contribution in [0, 0.1) is 0 Å². The molecule has 0 aliphatic heterocycles. The molecule has 0 amide bonds. The fourth-order valence-corrected chi connectivity index (χ4v) is 1.67. The standard InChI is InChI=1S/C13H22BNO4/c1-15(7-4-9-18-2)8-10-19-13-6-3-5-12(11-13)14(16)17/h3,5-6,11,16-17H,4,7-10H2,1-2H3. The number of benzene rings is 1. The Hall–Kier alpha value is -1.08. The Bertz CT molecular complexity index is 362. The van der Waals surface area contributed by atoms with Gasteiger partial charge in [-0.05, 0) is 31.1 Å². The molecule has 5 nitrogen and oxygen atoms in total. The van der Waals surface area contributed by atoms with Crippen molar-refractivity contribution in [2.75, 3.05) is 40.5 Å². The van der Waals surface area contributed by atoms with Crippen LogP contribution in [0.2, 0.25) is 0 Å². The smallest absolute Gasteiger partial charge is 0.488 e. The van der Waals surface area contributed by atoms with Crippen LogP contribution in [-0.4, -0.2) is 62.5 Å². The molecule has 6 heteroatoms. The number of nitrogens with zero attached hydrogens (tertiary/aromatic N) is 1. The highest BCUT2D eigenvalue weighted by Gasteiger charge is 2.11. The van der Waals surface area contributed by atoms with E-state index in [0.29, 0.717) is 17.8 Å². The SMILES string of the molecule is COCCCN(C)CCOc1cccc(B(O)O)c1. The number of rotatable bonds is 9. The molecule has 19 heavy (non-hydrogen) atoms. The predicted octanol–water partition coefficient (Wildman–Crippen LogP) is -0.286. The molecule has 0 unspecified atom stereocenters. The van der Waals surface area contributed by atoms with Crippen LogP contribution in [0.4, 0.5) is 0 Å². The van der Waals surface area contributed by atoms with Gasteiger partial charge in [-0.3, -0.25) is 0 Å². The van der Waals surface area contributed by atoms with E-state index < -0.39 is 7.12 Å². The second-order valence-corrected chi connectivity index (χ2v) is 4.44. The summed E-state index contributed by atoms with van der Waals surface area (Å²) in [6.45, 7) is 3.11. The van der Waals surface area contributed by atoms with E-state index in [-0.39, 0.29) is 0 Å². The minimum Gasteiger partial charge on any atom is -0.492 e. The van der Waals surface area contributed by atoms with Gasteiger partial charge in [-0.1, -0.05) is 12.1 Å². The lowest BCUT2D eigenvalue weighted by molar-refractivity contribution is 0.172. The van der Waals surface area contributed by atoms with E-state index in [2.05, 4.69) is 4.90 Å². The van der Waals surface area contributed by atoms with Crippen LogP contribution in [0.15, 0.2) is 24.3 Å². The van der Waals surface area contributed by atoms with E-state index in [9.17, 15) is 0 Å². The van der Waals surface area contributed by atoms with Gasteiger partial charge in [-0.2, -0.15) is 0 Å². The number of likely N-dealkylation sites (N-methyl/N-ethyl adjacent to an activating group) is 1. The maximum atomic E-state index is 9.06. The third-order valence-electron chi connectivity index (χ3n) is 2.79. The highest BCUT2D eigenvalue weighted by Crippen LogP contribution is 2.07. The summed E-state index contributed by atoms with van der Waals surface area (Å²) < 4.78 is 10.6. The average Bonchev–Trinajstić information content (AvgIpc) is 2.39. The maximum Gasteiger partial charge on any atom is 0.488 e. The van der Waals surface area contributed by atoms with Crippen molar-refractivity contribution in [2.24, 2.45) is 0 Å². The van der Waals surface area contributed by atoms with Crippen LogP contribution < -0.4 is 10.2 Å². The highest BCUT2D eigenvalue weighted by molar-refractivity contribution is 6.58. The Kier molecular flexibility index (Phi) is 7.51. The summed E-state index contributed by atoms with van der Waals surface area (Å²) in [5.74, 6) is 0.649. The molecule has 0 heterocycles. The summed E-state index contributed by atoms with van der Waals surface area (Å²) in [4.78, 5) is 2.17. The van der Waals surface area contributed by atoms with Crippen molar-refractivity contribution in [2.45, 2.75) is 6.42 Å². The molecule has 0 aliphatic rings. The van der Waals surface area contributed by atoms with Crippen LogP contribution >= 0.6 is 0 Å². The van der Waals surface area contributed by atoms with Crippen molar-refractivity contribution in [1.29, 1.82) is 0 Å². The predicted molar refractivity (Wildman–Crippen MR) is 75.8 cm³/mol. The first-order valence-electron chi connectivity index (χ1n) is 6.40. The van der Waals surface area contributed by atoms with Crippen molar-refractivity contribution < 1.29 is 19.5 Å². The highest BCUT2D eigenvalue weighted by atomic mass is 16.5. The Morgan fingerprint density at radius 3 is 2.68 bits per heavy atom. The van der Waals surface area contributed by atoms with Gasteiger partial charge in [-0.15, -0.1) is 0 Å². The minimum atomic E-state index is -1.46. The molecule has 0 bridgehead atoms. The monoisotopic (exact) mass is 267 g/mol. The van der Waals surface area contributed by atoms with Crippen molar-refractivity contribution in [1.82, 2.24) is 4.90 Å². The molecule has 1 aromatic rings. The molecule has 0 spiro atoms. The molecule has 0 saturated heterocycles. The van der Waals surface area contributed by atoms with E-state index >= 15 is 0 Å². The third-order valence-corrected chi connectivity index (χ3v) is 2.79. The molecule has 0 atom stereocenters. The minimum absolute atomic E-state index is 0.436. The summed E-state index contributed by atoms with van der Waals surface area (Å²) in [5, 5.41) is 18.1. The molecule has 0 saturated carbocycles. The normalized spacial score (nSPS) is 10.8. The van der Waals surface area contributed by atoms with Gasteiger partial charge in [-0.25, -0.2) is 0 Å². The van der Waals surface area contributed by atoms with Crippen molar-refractivity contribution in [3.8, 4) is 5.75 Å². The zero-order chi connectivity index (χ0) is 14.1. The van der Waals surface area contributed by atoms with Crippen LogP contribution in [0.25, 0.3) is 0 Å². The van der Waals surface area contributed by atoms with Crippen molar-refractivity contribution >= 4 is 12.6 Å². The molecule has 0 radical (unpaired) electrons. The van der Waals surface area contributed by atoms with Gasteiger partial charge in [0.15, 0.2) is 0 Å². The summed E-state index contributed by atoms with van der Waals surface area (Å²) in [6.07, 6.45) is 0.999. The van der Waals surface area contributed by atoms with Gasteiger partial charge < -0.3 is 24.4 Å². The average molecular weight is 267 g/mol. The fourth-order valence-electron chi connectivity index (χ4n) is 1.67. The van der Waals surface area contributed by atoms with Crippen LogP contribution in [0.3, 0.4) is 0 Å². The summed E-state index contributed by atoms with van der Waals surface area (Å²) in [7, 11) is 2.28. The van der Waals surface area contributed by atoms with Crippen molar-refractivity contribution in [3.05, 3.63) is 24.3 Å². The molecule has 1 rings (SSSR count). The lowest BCUT2D eigenvalue weighted by atomic mass is 9.80. The first kappa shape index (κ1) is 16.0. The Morgan fingerprint density at radius 1 is 1.21 bits per heavy atom. The zero-order valence-electron chi connectivity index (χ0n) is 11.6. The zero-order valence-corrected chi connectivity index (χ0v) is 11.6. The number of ether oxygens (including phenoxy) is 2. The van der Waals surface area contributed by atoms with E-state index in [1.54, 1.807) is 31.4 Å². The van der Waals surface area contributed by atoms with Crippen LogP contribution in [0.5, 0.6) is 5.75 Å². The van der Waals surface area contributed by atoms with E-state index in [4.69, 9.17) is 19.5 Å². The Labute approximate surface area is 114 Å². The van der Waals surface area contributed by atoms with Crippen LogP contribution in [-0.2, 0) is 4.74 Å². The molecule has 106 valence electrons. The summed E-state index contributed by atoms with van der Waals surface area (Å²) >= 11 is 0. The first-order chi connectivity index (χ1) is 9.13. The molecular formula is C13H22BNO4. The number of methoxy groups -OCH3 is 1. The summed E-state index contributed by atoms with van der Waals surface area (Å²) in [5.41, 5.74) is 0.436. The Morgan fingerprint density at radius 2 is 2.00 bits per heavy atom. The first-order valence-corrected chi connectivity index (χ1v) is 6.40. The molecule has 1 aromatic carbocycles. The number of hydrogen-bond donors (Lipinski definition) is 2.